The molecule has 1 heterocycles. The van der Waals surface area contributed by atoms with E-state index in [1.807, 2.05) is 38.1 Å². The highest BCUT2D eigenvalue weighted by molar-refractivity contribution is 6.04. The van der Waals surface area contributed by atoms with E-state index in [1.54, 1.807) is 12.1 Å². The second-order valence-electron chi connectivity index (χ2n) is 6.99. The van der Waals surface area contributed by atoms with Crippen molar-refractivity contribution in [1.82, 2.24) is 4.90 Å². The lowest BCUT2D eigenvalue weighted by molar-refractivity contribution is 0.102. The summed E-state index contributed by atoms with van der Waals surface area (Å²) < 4.78 is 5.66. The summed E-state index contributed by atoms with van der Waals surface area (Å²) in [5.41, 5.74) is 2.58. The first-order chi connectivity index (χ1) is 12.5. The zero-order valence-corrected chi connectivity index (χ0v) is 15.7. The van der Waals surface area contributed by atoms with Crippen LogP contribution in [0.1, 0.15) is 24.2 Å². The first-order valence-electron chi connectivity index (χ1n) is 9.13. The van der Waals surface area contributed by atoms with E-state index in [0.717, 1.165) is 31.9 Å². The summed E-state index contributed by atoms with van der Waals surface area (Å²) >= 11 is 0. The fourth-order valence-corrected chi connectivity index (χ4v) is 3.01. The molecule has 3 rings (SSSR count). The highest BCUT2D eigenvalue weighted by Gasteiger charge is 2.14. The van der Waals surface area contributed by atoms with E-state index in [4.69, 9.17) is 4.74 Å². The number of ether oxygens (including phenoxy) is 1. The molecule has 1 N–H and O–H groups in total. The van der Waals surface area contributed by atoms with E-state index in [2.05, 4.69) is 34.3 Å². The molecule has 1 aliphatic rings. The predicted molar refractivity (Wildman–Crippen MR) is 106 cm³/mol. The van der Waals surface area contributed by atoms with E-state index in [0.29, 0.717) is 11.3 Å². The normalized spacial score (nSPS) is 15.2. The Labute approximate surface area is 155 Å². The minimum atomic E-state index is -0.133. The number of likely N-dealkylation sites (N-methyl/N-ethyl adjacent to an activating group) is 1. The fourth-order valence-electron chi connectivity index (χ4n) is 3.01. The van der Waals surface area contributed by atoms with Gasteiger partial charge in [-0.05, 0) is 63.4 Å². The molecule has 138 valence electrons. The maximum Gasteiger partial charge on any atom is 0.255 e. The third kappa shape index (κ3) is 4.76. The van der Waals surface area contributed by atoms with Crippen LogP contribution in [-0.4, -0.2) is 50.1 Å². The number of hydrogen-bond acceptors (Lipinski definition) is 4. The molecule has 0 aromatic heterocycles. The molecule has 0 radical (unpaired) electrons. The van der Waals surface area contributed by atoms with Crippen molar-refractivity contribution in [3.63, 3.8) is 0 Å². The third-order valence-electron chi connectivity index (χ3n) is 4.46. The summed E-state index contributed by atoms with van der Waals surface area (Å²) in [6.07, 6.45) is 0.0791. The molecular weight excluding hydrogens is 326 g/mol. The molecule has 1 saturated heterocycles. The molecule has 0 bridgehead atoms. The predicted octanol–water partition coefficient (Wildman–Crippen LogP) is 3.48. The smallest absolute Gasteiger partial charge is 0.255 e. The maximum atomic E-state index is 12.5. The van der Waals surface area contributed by atoms with Crippen molar-refractivity contribution >= 4 is 17.3 Å². The van der Waals surface area contributed by atoms with Crippen molar-refractivity contribution in [3.05, 3.63) is 54.1 Å². The Balaban J connectivity index is 1.63. The van der Waals surface area contributed by atoms with Gasteiger partial charge in [-0.15, -0.1) is 0 Å². The van der Waals surface area contributed by atoms with Crippen molar-refractivity contribution in [2.75, 3.05) is 43.4 Å². The molecule has 26 heavy (non-hydrogen) atoms. The van der Waals surface area contributed by atoms with Gasteiger partial charge in [0.2, 0.25) is 0 Å². The molecule has 2 aromatic rings. The van der Waals surface area contributed by atoms with Crippen LogP contribution in [0.4, 0.5) is 11.4 Å². The molecule has 1 aliphatic heterocycles. The van der Waals surface area contributed by atoms with Gasteiger partial charge in [0.15, 0.2) is 0 Å². The highest BCUT2D eigenvalue weighted by atomic mass is 16.5. The molecule has 1 amide bonds. The maximum absolute atomic E-state index is 12.5. The van der Waals surface area contributed by atoms with Crippen LogP contribution in [0.3, 0.4) is 0 Å². The molecule has 2 aromatic carbocycles. The van der Waals surface area contributed by atoms with Crippen LogP contribution in [0.15, 0.2) is 48.5 Å². The molecule has 0 atom stereocenters. The molecule has 0 aliphatic carbocycles. The van der Waals surface area contributed by atoms with E-state index in [1.165, 1.54) is 5.69 Å². The summed E-state index contributed by atoms with van der Waals surface area (Å²) in [4.78, 5) is 17.2. The Hall–Kier alpha value is -2.53. The summed E-state index contributed by atoms with van der Waals surface area (Å²) in [5, 5.41) is 2.95. The van der Waals surface area contributed by atoms with Gasteiger partial charge in [0.25, 0.3) is 5.91 Å². The first kappa shape index (κ1) is 18.3. The second-order valence-corrected chi connectivity index (χ2v) is 6.99. The Bertz CT molecular complexity index is 735. The van der Waals surface area contributed by atoms with Gasteiger partial charge < -0.3 is 19.9 Å². The van der Waals surface area contributed by atoms with Crippen LogP contribution in [0.5, 0.6) is 5.75 Å². The first-order valence-corrected chi connectivity index (χ1v) is 9.13. The molecule has 5 heteroatoms. The van der Waals surface area contributed by atoms with Gasteiger partial charge in [-0.1, -0.05) is 6.07 Å². The van der Waals surface area contributed by atoms with E-state index in [9.17, 15) is 4.79 Å². The summed E-state index contributed by atoms with van der Waals surface area (Å²) in [6, 6.07) is 15.3. The minimum absolute atomic E-state index is 0.0791. The average molecular weight is 353 g/mol. The van der Waals surface area contributed by atoms with Gasteiger partial charge in [-0.3, -0.25) is 4.79 Å². The number of amides is 1. The fraction of sp³-hybridized carbons (Fsp3) is 0.381. The van der Waals surface area contributed by atoms with Crippen LogP contribution >= 0.6 is 0 Å². The average Bonchev–Trinajstić information content (AvgIpc) is 2.63. The number of rotatable bonds is 5. The van der Waals surface area contributed by atoms with Crippen LogP contribution in [0, 0.1) is 0 Å². The molecular formula is C21H27N3O2. The zero-order chi connectivity index (χ0) is 18.5. The third-order valence-corrected chi connectivity index (χ3v) is 4.46. The van der Waals surface area contributed by atoms with Crippen molar-refractivity contribution in [2.45, 2.75) is 20.0 Å². The number of carbonyl (C=O) groups excluding carboxylic acids is 1. The second kappa shape index (κ2) is 8.23. The highest BCUT2D eigenvalue weighted by Crippen LogP contribution is 2.21. The molecule has 1 fully saturated rings. The number of benzene rings is 2. The summed E-state index contributed by atoms with van der Waals surface area (Å²) in [5.74, 6) is 0.574. The number of hydrogen-bond donors (Lipinski definition) is 1. The van der Waals surface area contributed by atoms with E-state index < -0.39 is 0 Å². The lowest BCUT2D eigenvalue weighted by Crippen LogP contribution is -2.44. The van der Waals surface area contributed by atoms with Crippen molar-refractivity contribution in [2.24, 2.45) is 0 Å². The largest absolute Gasteiger partial charge is 0.491 e. The quantitative estimate of drug-likeness (QED) is 0.894. The van der Waals surface area contributed by atoms with Crippen LogP contribution in [0.2, 0.25) is 0 Å². The van der Waals surface area contributed by atoms with Crippen molar-refractivity contribution in [3.8, 4) is 5.75 Å². The van der Waals surface area contributed by atoms with Crippen molar-refractivity contribution < 1.29 is 9.53 Å². The van der Waals surface area contributed by atoms with Crippen LogP contribution in [0.25, 0.3) is 0 Å². The lowest BCUT2D eigenvalue weighted by Gasteiger charge is -2.34. The molecule has 0 spiro atoms. The molecule has 0 saturated carbocycles. The van der Waals surface area contributed by atoms with Gasteiger partial charge in [0.05, 0.1) is 6.10 Å². The Morgan fingerprint density at radius 3 is 2.38 bits per heavy atom. The van der Waals surface area contributed by atoms with E-state index in [-0.39, 0.29) is 12.0 Å². The number of anilines is 2. The minimum Gasteiger partial charge on any atom is -0.491 e. The topological polar surface area (TPSA) is 44.8 Å². The monoisotopic (exact) mass is 353 g/mol. The van der Waals surface area contributed by atoms with Crippen LogP contribution in [-0.2, 0) is 0 Å². The number of nitrogens with zero attached hydrogens (tertiary/aromatic N) is 2. The number of piperazine rings is 1. The summed E-state index contributed by atoms with van der Waals surface area (Å²) in [6.45, 7) is 8.15. The Morgan fingerprint density at radius 2 is 1.73 bits per heavy atom. The SMILES string of the molecule is CC(C)Oc1cccc(C(=O)Nc2ccc(N3CCN(C)CC3)cc2)c1. The Kier molecular flexibility index (Phi) is 5.78. The molecule has 0 unspecified atom stereocenters. The van der Waals surface area contributed by atoms with Crippen molar-refractivity contribution in [1.29, 1.82) is 0 Å². The molecule has 5 nitrogen and oxygen atoms in total. The Morgan fingerprint density at radius 1 is 1.04 bits per heavy atom. The summed E-state index contributed by atoms with van der Waals surface area (Å²) in [7, 11) is 2.15. The van der Waals surface area contributed by atoms with E-state index >= 15 is 0 Å². The standard InChI is InChI=1S/C21H27N3O2/c1-16(2)26-20-6-4-5-17(15-20)21(25)22-18-7-9-19(10-8-18)24-13-11-23(3)12-14-24/h4-10,15-16H,11-14H2,1-3H3,(H,22,25). The van der Waals surface area contributed by atoms with Crippen LogP contribution < -0.4 is 15.0 Å². The number of nitrogens with one attached hydrogen (secondary N) is 1. The number of carbonyl (C=O) groups is 1. The zero-order valence-electron chi connectivity index (χ0n) is 15.7. The lowest BCUT2D eigenvalue weighted by atomic mass is 10.2. The van der Waals surface area contributed by atoms with Gasteiger partial charge in [0.1, 0.15) is 5.75 Å². The van der Waals surface area contributed by atoms with Gasteiger partial charge in [-0.2, -0.15) is 0 Å². The van der Waals surface area contributed by atoms with Gasteiger partial charge >= 0.3 is 0 Å². The van der Waals surface area contributed by atoms with Gasteiger partial charge in [-0.25, -0.2) is 0 Å². The van der Waals surface area contributed by atoms with Gasteiger partial charge in [0, 0.05) is 43.1 Å².